The van der Waals surface area contributed by atoms with Gasteiger partial charge in [-0.1, -0.05) is 19.3 Å². The van der Waals surface area contributed by atoms with Crippen LogP contribution >= 0.6 is 11.3 Å². The number of pyridine rings is 1. The maximum atomic E-state index is 13.5. The number of carbonyl (C=O) groups excluding carboxylic acids is 1. The summed E-state index contributed by atoms with van der Waals surface area (Å²) in [7, 11) is 1.61. The van der Waals surface area contributed by atoms with Crippen LogP contribution in [-0.2, 0) is 4.79 Å². The number of aromatic nitrogens is 2. The Morgan fingerprint density at radius 2 is 1.89 bits per heavy atom. The molecular weight excluding hydrogens is 478 g/mol. The van der Waals surface area contributed by atoms with Crippen molar-refractivity contribution < 1.29 is 14.5 Å². The molecule has 2 aromatic heterocycles. The third-order valence-electron chi connectivity index (χ3n) is 6.59. The minimum atomic E-state index is -0.927. The van der Waals surface area contributed by atoms with E-state index in [1.165, 1.54) is 29.9 Å². The predicted molar refractivity (Wildman–Crippen MR) is 140 cm³/mol. The van der Waals surface area contributed by atoms with E-state index in [0.717, 1.165) is 36.9 Å². The van der Waals surface area contributed by atoms with E-state index in [2.05, 4.69) is 20.6 Å². The number of thiazole rings is 1. The van der Waals surface area contributed by atoms with Crippen LogP contribution in [0.3, 0.4) is 0 Å². The van der Waals surface area contributed by atoms with Crippen LogP contribution in [0, 0.1) is 16.0 Å². The third-order valence-corrected chi connectivity index (χ3v) is 7.34. The van der Waals surface area contributed by atoms with E-state index >= 15 is 0 Å². The van der Waals surface area contributed by atoms with Gasteiger partial charge in [0.2, 0.25) is 5.91 Å². The van der Waals surface area contributed by atoms with Crippen molar-refractivity contribution in [2.24, 2.45) is 5.92 Å². The summed E-state index contributed by atoms with van der Waals surface area (Å²) in [5.74, 6) is 0.873. The number of rotatable bonds is 9. The maximum Gasteiger partial charge on any atom is 0.269 e. The molecule has 10 heteroatoms. The molecule has 3 aromatic rings. The van der Waals surface area contributed by atoms with E-state index in [0.29, 0.717) is 22.5 Å². The lowest BCUT2D eigenvalue weighted by molar-refractivity contribution is -0.384. The summed E-state index contributed by atoms with van der Waals surface area (Å²) in [5.41, 5.74) is 1.40. The van der Waals surface area contributed by atoms with Gasteiger partial charge in [-0.2, -0.15) is 0 Å². The number of non-ortho nitro benzene ring substituents is 1. The molecule has 1 atom stereocenters. The number of nitrogens with one attached hydrogen (secondary N) is 2. The van der Waals surface area contributed by atoms with Gasteiger partial charge in [-0.05, 0) is 56.9 Å². The average molecular weight is 510 g/mol. The van der Waals surface area contributed by atoms with Gasteiger partial charge in [0.1, 0.15) is 11.3 Å². The number of nitro groups is 1. The molecule has 2 N–H and O–H groups in total. The molecule has 36 heavy (non-hydrogen) atoms. The van der Waals surface area contributed by atoms with Crippen LogP contribution in [0.5, 0.6) is 5.75 Å². The lowest BCUT2D eigenvalue weighted by Gasteiger charge is -2.34. The molecule has 1 unspecified atom stereocenters. The van der Waals surface area contributed by atoms with Crippen LogP contribution in [-0.4, -0.2) is 33.4 Å². The first kappa shape index (κ1) is 25.6. The summed E-state index contributed by atoms with van der Waals surface area (Å²) in [6, 6.07) is 9.88. The summed E-state index contributed by atoms with van der Waals surface area (Å²) < 4.78 is 5.25. The number of amides is 1. The Balaban J connectivity index is 1.48. The van der Waals surface area contributed by atoms with Crippen molar-refractivity contribution in [3.63, 3.8) is 0 Å². The second-order valence-electron chi connectivity index (χ2n) is 9.56. The molecule has 1 amide bonds. The molecule has 0 aliphatic heterocycles. The number of hydrogen-bond donors (Lipinski definition) is 2. The maximum absolute atomic E-state index is 13.5. The Morgan fingerprint density at radius 3 is 2.50 bits per heavy atom. The first-order valence-electron chi connectivity index (χ1n) is 12.1. The largest absolute Gasteiger partial charge is 0.495 e. The molecule has 1 aliphatic rings. The van der Waals surface area contributed by atoms with Crippen LogP contribution in [0.2, 0.25) is 0 Å². The van der Waals surface area contributed by atoms with Crippen LogP contribution in [0.4, 0.5) is 10.8 Å². The zero-order chi connectivity index (χ0) is 25.7. The molecule has 1 saturated carbocycles. The summed E-state index contributed by atoms with van der Waals surface area (Å²) in [6.07, 6.45) is 7.32. The predicted octanol–water partition coefficient (Wildman–Crippen LogP) is 5.75. The first-order valence-corrected chi connectivity index (χ1v) is 12.9. The Hall–Kier alpha value is -3.53. The van der Waals surface area contributed by atoms with Gasteiger partial charge in [-0.25, -0.2) is 4.98 Å². The van der Waals surface area contributed by atoms with Crippen molar-refractivity contribution in [2.75, 3.05) is 12.4 Å². The normalized spacial score (nSPS) is 15.2. The number of hydrogen-bond acceptors (Lipinski definition) is 8. The van der Waals surface area contributed by atoms with E-state index in [1.807, 2.05) is 31.4 Å². The molecule has 190 valence electrons. The second-order valence-corrected chi connectivity index (χ2v) is 10.4. The number of anilines is 1. The SMILES string of the molecule is COc1ccc(C(NC(=O)C(C)(C)Nc2nc(-c3ccc([N+](=O)[O-])cc3)cs2)C2CCCCC2)nc1. The number of methoxy groups -OCH3 is 1. The topological polar surface area (TPSA) is 119 Å². The molecule has 2 heterocycles. The van der Waals surface area contributed by atoms with Gasteiger partial charge in [0.05, 0.1) is 35.7 Å². The minimum absolute atomic E-state index is 0.0315. The highest BCUT2D eigenvalue weighted by Gasteiger charge is 2.34. The molecule has 1 fully saturated rings. The zero-order valence-corrected chi connectivity index (χ0v) is 21.5. The van der Waals surface area contributed by atoms with E-state index in [-0.39, 0.29) is 17.6 Å². The molecule has 9 nitrogen and oxygen atoms in total. The van der Waals surface area contributed by atoms with Crippen LogP contribution < -0.4 is 15.4 Å². The summed E-state index contributed by atoms with van der Waals surface area (Å²) in [5, 5.41) is 19.9. The van der Waals surface area contributed by atoms with E-state index in [4.69, 9.17) is 4.74 Å². The van der Waals surface area contributed by atoms with Crippen LogP contribution in [0.15, 0.2) is 48.0 Å². The molecule has 1 aliphatic carbocycles. The van der Waals surface area contributed by atoms with E-state index < -0.39 is 10.5 Å². The number of benzene rings is 1. The fraction of sp³-hybridized carbons (Fsp3) is 0.423. The Morgan fingerprint density at radius 1 is 1.17 bits per heavy atom. The van der Waals surface area contributed by atoms with Gasteiger partial charge in [-0.15, -0.1) is 11.3 Å². The highest BCUT2D eigenvalue weighted by atomic mass is 32.1. The highest BCUT2D eigenvalue weighted by molar-refractivity contribution is 7.14. The summed E-state index contributed by atoms with van der Waals surface area (Å²) >= 11 is 1.38. The third kappa shape index (κ3) is 5.99. The van der Waals surface area contributed by atoms with Crippen molar-refractivity contribution in [1.29, 1.82) is 0 Å². The first-order chi connectivity index (χ1) is 17.3. The van der Waals surface area contributed by atoms with Crippen molar-refractivity contribution in [3.05, 3.63) is 63.8 Å². The summed E-state index contributed by atoms with van der Waals surface area (Å²) in [6.45, 7) is 3.66. The standard InChI is InChI=1S/C26H31N5O4S/c1-26(2,30-25-28-22(16-36-25)17-9-11-19(12-10-17)31(33)34)24(32)29-23(18-7-5-4-6-8-18)21-14-13-20(35-3)15-27-21/h9-16,18,23H,4-8H2,1-3H3,(H,28,30)(H,29,32). The van der Waals surface area contributed by atoms with E-state index in [9.17, 15) is 14.9 Å². The molecule has 1 aromatic carbocycles. The number of nitro benzene ring substituents is 1. The van der Waals surface area contributed by atoms with Crippen molar-refractivity contribution >= 4 is 28.1 Å². The van der Waals surface area contributed by atoms with Gasteiger partial charge in [-0.3, -0.25) is 19.9 Å². The molecule has 0 bridgehead atoms. The van der Waals surface area contributed by atoms with Crippen LogP contribution in [0.25, 0.3) is 11.3 Å². The second kappa shape index (κ2) is 11.0. The lowest BCUT2D eigenvalue weighted by Crippen LogP contribution is -2.50. The van der Waals surface area contributed by atoms with Gasteiger partial charge in [0.15, 0.2) is 5.13 Å². The Bertz CT molecular complexity index is 1190. The zero-order valence-electron chi connectivity index (χ0n) is 20.7. The average Bonchev–Trinajstić information content (AvgIpc) is 3.35. The fourth-order valence-electron chi connectivity index (χ4n) is 4.46. The number of carbonyl (C=O) groups is 1. The number of ether oxygens (including phenoxy) is 1. The van der Waals surface area contributed by atoms with Gasteiger partial charge >= 0.3 is 0 Å². The van der Waals surface area contributed by atoms with Gasteiger partial charge < -0.3 is 15.4 Å². The van der Waals surface area contributed by atoms with Crippen molar-refractivity contribution in [1.82, 2.24) is 15.3 Å². The highest BCUT2D eigenvalue weighted by Crippen LogP contribution is 2.35. The van der Waals surface area contributed by atoms with E-state index in [1.54, 1.807) is 25.4 Å². The van der Waals surface area contributed by atoms with Crippen LogP contribution in [0.1, 0.15) is 57.7 Å². The quantitative estimate of drug-likeness (QED) is 0.278. The molecule has 0 radical (unpaired) electrons. The molecule has 4 rings (SSSR count). The Kier molecular flexibility index (Phi) is 7.83. The fourth-order valence-corrected chi connectivity index (χ4v) is 5.34. The molecular formula is C26H31N5O4S. The van der Waals surface area contributed by atoms with Crippen molar-refractivity contribution in [2.45, 2.75) is 57.5 Å². The number of nitrogens with zero attached hydrogens (tertiary/aromatic N) is 3. The van der Waals surface area contributed by atoms with Gasteiger partial charge in [0.25, 0.3) is 5.69 Å². The van der Waals surface area contributed by atoms with Crippen molar-refractivity contribution in [3.8, 4) is 17.0 Å². The smallest absolute Gasteiger partial charge is 0.269 e. The van der Waals surface area contributed by atoms with Gasteiger partial charge in [0, 0.05) is 23.1 Å². The monoisotopic (exact) mass is 509 g/mol. The molecule has 0 saturated heterocycles. The Labute approximate surface area is 214 Å². The molecule has 0 spiro atoms. The lowest BCUT2D eigenvalue weighted by atomic mass is 9.82. The summed E-state index contributed by atoms with van der Waals surface area (Å²) in [4.78, 5) is 33.1. The minimum Gasteiger partial charge on any atom is -0.495 e.